The van der Waals surface area contributed by atoms with E-state index in [-0.39, 0.29) is 15.6 Å². The number of thiophene rings is 1. The Balaban J connectivity index is 2.33. The van der Waals surface area contributed by atoms with Gasteiger partial charge in [0.25, 0.3) is 14.9 Å². The SMILES string of the molecule is COC(=O)c1sccc1NN=C(C#N)S(=O)(=O)c1ccccn1. The molecule has 23 heavy (non-hydrogen) atoms. The van der Waals surface area contributed by atoms with E-state index in [0.29, 0.717) is 0 Å². The number of ether oxygens (including phenoxy) is 1. The Morgan fingerprint density at radius 2 is 2.22 bits per heavy atom. The lowest BCUT2D eigenvalue weighted by Gasteiger charge is -2.03. The molecule has 0 unspecified atom stereocenters. The number of carbonyl (C=O) groups excluding carboxylic acids is 1. The van der Waals surface area contributed by atoms with Crippen LogP contribution in [0.2, 0.25) is 0 Å². The molecule has 0 aliphatic rings. The lowest BCUT2D eigenvalue weighted by molar-refractivity contribution is 0.0607. The maximum atomic E-state index is 12.3. The number of esters is 1. The first-order chi connectivity index (χ1) is 11.0. The summed E-state index contributed by atoms with van der Waals surface area (Å²) in [4.78, 5) is 15.4. The van der Waals surface area contributed by atoms with Gasteiger partial charge in [0.15, 0.2) is 5.03 Å². The Kier molecular flexibility index (Phi) is 5.05. The van der Waals surface area contributed by atoms with Crippen LogP contribution < -0.4 is 5.43 Å². The molecule has 0 atom stereocenters. The second-order valence-electron chi connectivity index (χ2n) is 3.97. The van der Waals surface area contributed by atoms with Gasteiger partial charge in [-0.05, 0) is 23.6 Å². The van der Waals surface area contributed by atoms with Crippen LogP contribution >= 0.6 is 11.3 Å². The number of hydrogen-bond donors (Lipinski definition) is 1. The molecule has 0 aliphatic carbocycles. The third-order valence-corrected chi connectivity index (χ3v) is 4.96. The topological polar surface area (TPSA) is 122 Å². The van der Waals surface area contributed by atoms with Crippen LogP contribution in [0.5, 0.6) is 0 Å². The normalized spacial score (nSPS) is 11.6. The van der Waals surface area contributed by atoms with Gasteiger partial charge >= 0.3 is 5.97 Å². The first kappa shape index (κ1) is 16.6. The highest BCUT2D eigenvalue weighted by molar-refractivity contribution is 8.07. The minimum absolute atomic E-state index is 0.212. The van der Waals surface area contributed by atoms with Crippen molar-refractivity contribution in [2.75, 3.05) is 12.5 Å². The number of hydrazone groups is 1. The molecule has 0 amide bonds. The molecule has 0 saturated carbocycles. The molecule has 0 bridgehead atoms. The Morgan fingerprint density at radius 3 is 2.83 bits per heavy atom. The predicted molar refractivity (Wildman–Crippen MR) is 83.8 cm³/mol. The van der Waals surface area contributed by atoms with Crippen LogP contribution in [-0.4, -0.2) is 31.5 Å². The van der Waals surface area contributed by atoms with Gasteiger partial charge in [-0.1, -0.05) is 6.07 Å². The van der Waals surface area contributed by atoms with Crippen molar-refractivity contribution >= 4 is 37.9 Å². The Labute approximate surface area is 136 Å². The van der Waals surface area contributed by atoms with Crippen LogP contribution in [0.25, 0.3) is 0 Å². The number of pyridine rings is 1. The van der Waals surface area contributed by atoms with Gasteiger partial charge in [-0.15, -0.1) is 11.3 Å². The van der Waals surface area contributed by atoms with E-state index in [0.717, 1.165) is 11.3 Å². The van der Waals surface area contributed by atoms with Crippen molar-refractivity contribution in [1.82, 2.24) is 4.98 Å². The number of hydrogen-bond acceptors (Lipinski definition) is 9. The number of methoxy groups -OCH3 is 1. The lowest BCUT2D eigenvalue weighted by Crippen LogP contribution is -2.16. The van der Waals surface area contributed by atoms with Crippen molar-refractivity contribution in [3.8, 4) is 6.07 Å². The smallest absolute Gasteiger partial charge is 0.350 e. The van der Waals surface area contributed by atoms with Gasteiger partial charge in [-0.25, -0.2) is 18.2 Å². The largest absolute Gasteiger partial charge is 0.465 e. The van der Waals surface area contributed by atoms with E-state index in [1.54, 1.807) is 11.4 Å². The van der Waals surface area contributed by atoms with Crippen LogP contribution in [0, 0.1) is 11.3 Å². The summed E-state index contributed by atoms with van der Waals surface area (Å²) in [6.07, 6.45) is 1.30. The molecule has 2 aromatic rings. The summed E-state index contributed by atoms with van der Waals surface area (Å²) < 4.78 is 29.1. The number of nitriles is 1. The molecule has 0 radical (unpaired) electrons. The van der Waals surface area contributed by atoms with Gasteiger partial charge in [0.1, 0.15) is 10.9 Å². The quantitative estimate of drug-likeness (QED) is 0.385. The molecule has 2 heterocycles. The van der Waals surface area contributed by atoms with Gasteiger partial charge in [0, 0.05) is 6.20 Å². The fourth-order valence-corrected chi connectivity index (χ4v) is 3.21. The zero-order valence-corrected chi connectivity index (χ0v) is 13.4. The molecular weight excluding hydrogens is 340 g/mol. The first-order valence-electron chi connectivity index (χ1n) is 6.06. The van der Waals surface area contributed by atoms with E-state index < -0.39 is 20.9 Å². The van der Waals surface area contributed by atoms with E-state index in [4.69, 9.17) is 5.26 Å². The van der Waals surface area contributed by atoms with Gasteiger partial charge in [0.05, 0.1) is 12.8 Å². The number of anilines is 1. The maximum Gasteiger partial charge on any atom is 0.350 e. The number of aromatic nitrogens is 1. The highest BCUT2D eigenvalue weighted by Gasteiger charge is 2.24. The van der Waals surface area contributed by atoms with Gasteiger partial charge in [0.2, 0.25) is 0 Å². The Bertz CT molecular complexity index is 882. The average Bonchev–Trinajstić information content (AvgIpc) is 3.04. The molecule has 10 heteroatoms. The van der Waals surface area contributed by atoms with Crippen molar-refractivity contribution in [2.45, 2.75) is 5.03 Å². The third-order valence-electron chi connectivity index (χ3n) is 2.58. The van der Waals surface area contributed by atoms with Crippen LogP contribution in [0.15, 0.2) is 46.0 Å². The summed E-state index contributed by atoms with van der Waals surface area (Å²) >= 11 is 1.09. The number of rotatable bonds is 4. The van der Waals surface area contributed by atoms with Crippen molar-refractivity contribution in [3.63, 3.8) is 0 Å². The minimum atomic E-state index is -4.14. The standard InChI is InChI=1S/C13H10N4O4S2/c1-21-13(18)12-9(5-7-22-12)16-17-11(8-14)23(19,20)10-4-2-3-6-15-10/h2-7,16H,1H3. The van der Waals surface area contributed by atoms with Crippen molar-refractivity contribution in [3.05, 3.63) is 40.7 Å². The molecule has 0 aromatic carbocycles. The van der Waals surface area contributed by atoms with Crippen LogP contribution in [0.4, 0.5) is 5.69 Å². The second kappa shape index (κ2) is 6.99. The summed E-state index contributed by atoms with van der Waals surface area (Å²) in [5.41, 5.74) is 2.64. The molecule has 0 saturated heterocycles. The lowest BCUT2D eigenvalue weighted by atomic mass is 10.4. The molecule has 0 aliphatic heterocycles. The Hall–Kier alpha value is -2.77. The summed E-state index contributed by atoms with van der Waals surface area (Å²) in [7, 11) is -2.92. The van der Waals surface area contributed by atoms with Crippen LogP contribution in [0.1, 0.15) is 9.67 Å². The van der Waals surface area contributed by atoms with Crippen molar-refractivity contribution in [2.24, 2.45) is 5.10 Å². The molecule has 118 valence electrons. The highest BCUT2D eigenvalue weighted by Crippen LogP contribution is 2.23. The summed E-state index contributed by atoms with van der Waals surface area (Å²) in [5.74, 6) is -0.594. The molecule has 0 fully saturated rings. The van der Waals surface area contributed by atoms with Gasteiger partial charge in [-0.3, -0.25) is 5.43 Å². The van der Waals surface area contributed by atoms with E-state index in [9.17, 15) is 13.2 Å². The number of nitrogens with zero attached hydrogens (tertiary/aromatic N) is 3. The summed E-state index contributed by atoms with van der Waals surface area (Å²) in [5, 5.41) is 13.2. The highest BCUT2D eigenvalue weighted by atomic mass is 32.2. The molecule has 2 rings (SSSR count). The molecule has 8 nitrogen and oxygen atoms in total. The monoisotopic (exact) mass is 350 g/mol. The number of sulfone groups is 1. The molecule has 2 aromatic heterocycles. The molecule has 1 N–H and O–H groups in total. The predicted octanol–water partition coefficient (Wildman–Crippen LogP) is 1.65. The maximum absolute atomic E-state index is 12.3. The minimum Gasteiger partial charge on any atom is -0.465 e. The zero-order chi connectivity index (χ0) is 16.9. The summed E-state index contributed by atoms with van der Waals surface area (Å²) in [6, 6.07) is 7.32. The van der Waals surface area contributed by atoms with Crippen LogP contribution in [0.3, 0.4) is 0 Å². The number of nitrogens with one attached hydrogen (secondary N) is 1. The average molecular weight is 350 g/mol. The third kappa shape index (κ3) is 3.53. The second-order valence-corrected chi connectivity index (χ2v) is 6.69. The van der Waals surface area contributed by atoms with E-state index in [1.807, 2.05) is 0 Å². The molecule has 0 spiro atoms. The van der Waals surface area contributed by atoms with E-state index in [1.165, 1.54) is 37.6 Å². The van der Waals surface area contributed by atoms with Crippen LogP contribution in [-0.2, 0) is 14.6 Å². The van der Waals surface area contributed by atoms with Gasteiger partial charge < -0.3 is 4.74 Å². The zero-order valence-electron chi connectivity index (χ0n) is 11.8. The molecular formula is C13H10N4O4S2. The fourth-order valence-electron chi connectivity index (χ4n) is 1.51. The first-order valence-corrected chi connectivity index (χ1v) is 8.42. The van der Waals surface area contributed by atoms with Gasteiger partial charge in [-0.2, -0.15) is 10.4 Å². The van der Waals surface area contributed by atoms with Crippen molar-refractivity contribution in [1.29, 1.82) is 5.26 Å². The fraction of sp³-hybridized carbons (Fsp3) is 0.0769. The van der Waals surface area contributed by atoms with E-state index in [2.05, 4.69) is 20.2 Å². The Morgan fingerprint density at radius 1 is 1.43 bits per heavy atom. The summed E-state index contributed by atoms with van der Waals surface area (Å²) in [6.45, 7) is 0. The van der Waals surface area contributed by atoms with E-state index >= 15 is 0 Å². The van der Waals surface area contributed by atoms with Crippen molar-refractivity contribution < 1.29 is 17.9 Å². The number of carbonyl (C=O) groups is 1.